The van der Waals surface area contributed by atoms with E-state index < -0.39 is 0 Å². The number of urea groups is 1. The number of unbranched alkanes of at least 4 members (excludes halogenated alkanes) is 1. The Hall–Kier alpha value is -2.28. The Kier molecular flexibility index (Phi) is 6.87. The molecule has 0 atom stereocenters. The first-order chi connectivity index (χ1) is 11.6. The van der Waals surface area contributed by atoms with E-state index in [2.05, 4.69) is 23.7 Å². The fourth-order valence-corrected chi connectivity index (χ4v) is 2.69. The molecule has 1 aromatic rings. The molecule has 4 nitrogen and oxygen atoms in total. The van der Waals surface area contributed by atoms with Crippen LogP contribution in [0.1, 0.15) is 44.0 Å². The van der Waals surface area contributed by atoms with Gasteiger partial charge in [-0.3, -0.25) is 0 Å². The number of nitrogens with zero attached hydrogens (tertiary/aromatic N) is 3. The summed E-state index contributed by atoms with van der Waals surface area (Å²) < 4.78 is 0. The van der Waals surface area contributed by atoms with Gasteiger partial charge < -0.3 is 9.80 Å². The number of hydrogen-bond donors (Lipinski definition) is 0. The van der Waals surface area contributed by atoms with Gasteiger partial charge in [0, 0.05) is 32.4 Å². The van der Waals surface area contributed by atoms with Crippen molar-refractivity contribution in [1.82, 2.24) is 14.8 Å². The molecular formula is C20H27N3O. The highest BCUT2D eigenvalue weighted by molar-refractivity contribution is 5.74. The van der Waals surface area contributed by atoms with Crippen molar-refractivity contribution in [2.24, 2.45) is 0 Å². The van der Waals surface area contributed by atoms with Gasteiger partial charge in [0.05, 0.1) is 0 Å². The minimum Gasteiger partial charge on any atom is -0.328 e. The van der Waals surface area contributed by atoms with Crippen molar-refractivity contribution in [1.29, 1.82) is 0 Å². The lowest BCUT2D eigenvalue weighted by Crippen LogP contribution is -2.44. The maximum Gasteiger partial charge on any atom is 0.319 e. The van der Waals surface area contributed by atoms with Gasteiger partial charge in [0.25, 0.3) is 0 Å². The molecule has 1 saturated heterocycles. The van der Waals surface area contributed by atoms with Crippen molar-refractivity contribution in [2.45, 2.75) is 39.5 Å². The van der Waals surface area contributed by atoms with Crippen LogP contribution in [0.25, 0.3) is 0 Å². The van der Waals surface area contributed by atoms with Crippen LogP contribution in [0.3, 0.4) is 0 Å². The summed E-state index contributed by atoms with van der Waals surface area (Å²) >= 11 is 0. The Morgan fingerprint density at radius 2 is 2.12 bits per heavy atom. The number of rotatable bonds is 3. The lowest BCUT2D eigenvalue weighted by Gasteiger charge is -2.32. The van der Waals surface area contributed by atoms with E-state index in [0.717, 1.165) is 56.7 Å². The highest BCUT2D eigenvalue weighted by atomic mass is 16.2. The number of piperidine rings is 1. The van der Waals surface area contributed by atoms with Gasteiger partial charge in [0.15, 0.2) is 0 Å². The van der Waals surface area contributed by atoms with Gasteiger partial charge in [-0.2, -0.15) is 0 Å². The molecule has 24 heavy (non-hydrogen) atoms. The molecule has 0 unspecified atom stereocenters. The molecule has 2 rings (SSSR count). The van der Waals surface area contributed by atoms with Gasteiger partial charge in [-0.15, -0.1) is 0 Å². The Balaban J connectivity index is 1.85. The van der Waals surface area contributed by atoms with Gasteiger partial charge in [0.2, 0.25) is 0 Å². The van der Waals surface area contributed by atoms with Crippen LogP contribution in [-0.2, 0) is 0 Å². The van der Waals surface area contributed by atoms with E-state index in [-0.39, 0.29) is 6.03 Å². The monoisotopic (exact) mass is 325 g/mol. The normalized spacial score (nSPS) is 14.0. The Morgan fingerprint density at radius 3 is 2.79 bits per heavy atom. The molecule has 0 radical (unpaired) electrons. The Labute approximate surface area is 145 Å². The summed E-state index contributed by atoms with van der Waals surface area (Å²) in [6, 6.07) is 6.01. The first-order valence-electron chi connectivity index (χ1n) is 8.73. The van der Waals surface area contributed by atoms with Crippen LogP contribution in [0.15, 0.2) is 29.8 Å². The van der Waals surface area contributed by atoms with E-state index >= 15 is 0 Å². The lowest BCUT2D eigenvalue weighted by atomic mass is 10.0. The summed E-state index contributed by atoms with van der Waals surface area (Å²) in [4.78, 5) is 20.5. The summed E-state index contributed by atoms with van der Waals surface area (Å²) in [7, 11) is 1.89. The fourth-order valence-electron chi connectivity index (χ4n) is 2.69. The third kappa shape index (κ3) is 5.42. The number of aromatic nitrogens is 1. The number of likely N-dealkylation sites (tertiary alicyclic amines) is 1. The Bertz CT molecular complexity index is 644. The first kappa shape index (κ1) is 18.1. The summed E-state index contributed by atoms with van der Waals surface area (Å²) in [5, 5.41) is 0. The molecule has 128 valence electrons. The van der Waals surface area contributed by atoms with Crippen molar-refractivity contribution in [2.75, 3.05) is 26.7 Å². The quantitative estimate of drug-likeness (QED) is 0.796. The highest BCUT2D eigenvalue weighted by Crippen LogP contribution is 2.17. The van der Waals surface area contributed by atoms with E-state index in [0.29, 0.717) is 0 Å². The average molecular weight is 325 g/mol. The third-order valence-corrected chi connectivity index (χ3v) is 4.21. The molecule has 2 heterocycles. The SMILES string of the molecule is CCCCN(C)C(=O)N1CCC(=CC#Cc2cccc(C)n2)CC1. The van der Waals surface area contributed by atoms with Gasteiger partial charge in [-0.1, -0.05) is 30.9 Å². The fraction of sp³-hybridized carbons (Fsp3) is 0.500. The molecule has 1 aliphatic rings. The third-order valence-electron chi connectivity index (χ3n) is 4.21. The zero-order valence-corrected chi connectivity index (χ0v) is 15.0. The molecule has 0 spiro atoms. The van der Waals surface area contributed by atoms with Crippen LogP contribution in [0.4, 0.5) is 4.79 Å². The summed E-state index contributed by atoms with van der Waals surface area (Å²) in [6.45, 7) is 6.51. The molecule has 0 bridgehead atoms. The highest BCUT2D eigenvalue weighted by Gasteiger charge is 2.21. The van der Waals surface area contributed by atoms with E-state index in [4.69, 9.17) is 0 Å². The van der Waals surface area contributed by atoms with Gasteiger partial charge in [-0.25, -0.2) is 9.78 Å². The lowest BCUT2D eigenvalue weighted by molar-refractivity contribution is 0.158. The molecule has 4 heteroatoms. The molecule has 1 fully saturated rings. The number of hydrogen-bond acceptors (Lipinski definition) is 2. The molecule has 1 aromatic heterocycles. The number of carbonyl (C=O) groups is 1. The predicted octanol–water partition coefficient (Wildman–Crippen LogP) is 3.62. The van der Waals surface area contributed by atoms with Crippen LogP contribution in [0, 0.1) is 18.8 Å². The molecule has 0 aliphatic carbocycles. The van der Waals surface area contributed by atoms with Crippen LogP contribution in [0.2, 0.25) is 0 Å². The van der Waals surface area contributed by atoms with Crippen LogP contribution in [-0.4, -0.2) is 47.5 Å². The smallest absolute Gasteiger partial charge is 0.319 e. The van der Waals surface area contributed by atoms with Crippen LogP contribution < -0.4 is 0 Å². The molecule has 0 N–H and O–H groups in total. The van der Waals surface area contributed by atoms with Gasteiger partial charge in [0.1, 0.15) is 5.69 Å². The number of aryl methyl sites for hydroxylation is 1. The summed E-state index contributed by atoms with van der Waals surface area (Å²) in [5.74, 6) is 6.19. The zero-order valence-electron chi connectivity index (χ0n) is 15.0. The second-order valence-corrected chi connectivity index (χ2v) is 6.28. The van der Waals surface area contributed by atoms with E-state index in [9.17, 15) is 4.79 Å². The van der Waals surface area contributed by atoms with E-state index in [1.54, 1.807) is 0 Å². The van der Waals surface area contributed by atoms with Crippen molar-refractivity contribution in [3.63, 3.8) is 0 Å². The molecule has 1 aliphatic heterocycles. The van der Waals surface area contributed by atoms with Gasteiger partial charge >= 0.3 is 6.03 Å². The standard InChI is InChI=1S/C20H27N3O/c1-4-5-14-22(3)20(24)23-15-12-18(13-16-23)9-7-11-19-10-6-8-17(2)21-19/h6,8-10H,4-5,12-16H2,1-3H3. The van der Waals surface area contributed by atoms with Crippen LogP contribution in [0.5, 0.6) is 0 Å². The number of pyridine rings is 1. The van der Waals surface area contributed by atoms with Crippen molar-refractivity contribution >= 4 is 6.03 Å². The van der Waals surface area contributed by atoms with E-state index in [1.165, 1.54) is 5.57 Å². The second kappa shape index (κ2) is 9.12. The molecule has 0 saturated carbocycles. The zero-order chi connectivity index (χ0) is 17.4. The molecule has 0 aromatic carbocycles. The summed E-state index contributed by atoms with van der Waals surface area (Å²) in [5.41, 5.74) is 3.10. The van der Waals surface area contributed by atoms with E-state index in [1.807, 2.05) is 48.0 Å². The molecular weight excluding hydrogens is 298 g/mol. The topological polar surface area (TPSA) is 36.4 Å². The maximum absolute atomic E-state index is 12.3. The number of carbonyl (C=O) groups excluding carboxylic acids is 1. The largest absolute Gasteiger partial charge is 0.328 e. The van der Waals surface area contributed by atoms with Gasteiger partial charge in [-0.05, 0) is 50.3 Å². The van der Waals surface area contributed by atoms with Crippen molar-refractivity contribution in [3.8, 4) is 11.8 Å². The number of allylic oxidation sites excluding steroid dienone is 1. The minimum absolute atomic E-state index is 0.151. The maximum atomic E-state index is 12.3. The van der Waals surface area contributed by atoms with Crippen molar-refractivity contribution in [3.05, 3.63) is 41.2 Å². The van der Waals surface area contributed by atoms with Crippen LogP contribution >= 0.6 is 0 Å². The van der Waals surface area contributed by atoms with Crippen molar-refractivity contribution < 1.29 is 4.79 Å². The number of amides is 2. The summed E-state index contributed by atoms with van der Waals surface area (Å²) in [6.07, 6.45) is 5.97. The molecule has 2 amide bonds. The first-order valence-corrected chi connectivity index (χ1v) is 8.73. The predicted molar refractivity (Wildman–Crippen MR) is 97.7 cm³/mol. The second-order valence-electron chi connectivity index (χ2n) is 6.28. The Morgan fingerprint density at radius 1 is 1.38 bits per heavy atom. The average Bonchev–Trinajstić information content (AvgIpc) is 2.60. The minimum atomic E-state index is 0.151.